The van der Waals surface area contributed by atoms with E-state index < -0.39 is 23.5 Å². The maximum absolute atomic E-state index is 12.9. The quantitative estimate of drug-likeness (QED) is 0.679. The Hall–Kier alpha value is -0.720. The first-order valence-corrected chi connectivity index (χ1v) is 4.35. The molecule has 0 fully saturated rings. The van der Waals surface area contributed by atoms with Gasteiger partial charge in [0, 0.05) is 4.47 Å². The predicted molar refractivity (Wildman–Crippen MR) is 44.0 cm³/mol. The number of benzene rings is 1. The second-order valence-corrected chi connectivity index (χ2v) is 3.61. The Balaban J connectivity index is 3.28. The lowest BCUT2D eigenvalue weighted by atomic mass is 10.1. The number of hydrogen-bond donors (Lipinski definition) is 0. The summed E-state index contributed by atoms with van der Waals surface area (Å²) in [6, 6.07) is 1.86. The van der Waals surface area contributed by atoms with E-state index in [0.717, 1.165) is 6.07 Å². The van der Waals surface area contributed by atoms with Gasteiger partial charge in [-0.05, 0) is 18.2 Å². The Bertz CT molecular complexity index is 370. The van der Waals surface area contributed by atoms with Crippen LogP contribution in [-0.4, -0.2) is 6.18 Å². The van der Waals surface area contributed by atoms with Crippen LogP contribution in [0.15, 0.2) is 22.7 Å². The van der Waals surface area contributed by atoms with Gasteiger partial charge in [0.15, 0.2) is 0 Å². The molecular formula is C8H3BrF6. The number of rotatable bonds is 1. The van der Waals surface area contributed by atoms with E-state index >= 15 is 0 Å². The van der Waals surface area contributed by atoms with Gasteiger partial charge >= 0.3 is 12.1 Å². The Labute approximate surface area is 89.0 Å². The molecule has 0 spiro atoms. The molecule has 84 valence electrons. The van der Waals surface area contributed by atoms with Gasteiger partial charge < -0.3 is 0 Å². The first kappa shape index (κ1) is 12.4. The summed E-state index contributed by atoms with van der Waals surface area (Å²) in [6.45, 7) is 0. The van der Waals surface area contributed by atoms with Crippen molar-refractivity contribution in [3.63, 3.8) is 0 Å². The predicted octanol–water partition coefficient (Wildman–Crippen LogP) is 4.24. The van der Waals surface area contributed by atoms with Crippen molar-refractivity contribution in [3.8, 4) is 0 Å². The summed E-state index contributed by atoms with van der Waals surface area (Å²) < 4.78 is 73.9. The van der Waals surface area contributed by atoms with Crippen molar-refractivity contribution in [1.29, 1.82) is 0 Å². The van der Waals surface area contributed by atoms with Crippen LogP contribution in [0, 0.1) is 5.82 Å². The molecule has 0 radical (unpaired) electrons. The van der Waals surface area contributed by atoms with Crippen LogP contribution in [0.2, 0.25) is 0 Å². The lowest BCUT2D eigenvalue weighted by Crippen LogP contribution is -2.34. The molecule has 0 amide bonds. The highest BCUT2D eigenvalue weighted by atomic mass is 79.9. The summed E-state index contributed by atoms with van der Waals surface area (Å²) in [4.78, 5) is 0. The molecule has 0 bridgehead atoms. The van der Waals surface area contributed by atoms with Gasteiger partial charge in [0.25, 0.3) is 0 Å². The minimum absolute atomic E-state index is 0.0849. The molecule has 0 unspecified atom stereocenters. The zero-order chi connectivity index (χ0) is 11.9. The monoisotopic (exact) mass is 292 g/mol. The van der Waals surface area contributed by atoms with Crippen LogP contribution in [0.3, 0.4) is 0 Å². The smallest absolute Gasteiger partial charge is 0.206 e. The standard InChI is InChI=1S/C8H3BrF6/c9-4-1-2-5(6(10)3-4)7(11,12)8(13,14)15/h1-3H. The molecule has 1 aromatic carbocycles. The highest BCUT2D eigenvalue weighted by Gasteiger charge is 2.59. The Morgan fingerprint density at radius 2 is 1.53 bits per heavy atom. The fourth-order valence-corrected chi connectivity index (χ4v) is 1.23. The van der Waals surface area contributed by atoms with Crippen LogP contribution in [0.4, 0.5) is 26.3 Å². The van der Waals surface area contributed by atoms with E-state index in [0.29, 0.717) is 12.1 Å². The summed E-state index contributed by atoms with van der Waals surface area (Å²) in [5.74, 6) is -6.79. The zero-order valence-corrected chi connectivity index (χ0v) is 8.46. The van der Waals surface area contributed by atoms with Crippen molar-refractivity contribution >= 4 is 15.9 Å². The molecule has 0 heterocycles. The van der Waals surface area contributed by atoms with Crippen LogP contribution in [0.5, 0.6) is 0 Å². The van der Waals surface area contributed by atoms with Gasteiger partial charge in [0.2, 0.25) is 0 Å². The third-order valence-electron chi connectivity index (χ3n) is 1.63. The molecule has 0 nitrogen and oxygen atoms in total. The van der Waals surface area contributed by atoms with Crippen LogP contribution in [-0.2, 0) is 5.92 Å². The van der Waals surface area contributed by atoms with Crippen LogP contribution in [0.25, 0.3) is 0 Å². The molecule has 0 aromatic heterocycles. The number of hydrogen-bond acceptors (Lipinski definition) is 0. The fraction of sp³-hybridized carbons (Fsp3) is 0.250. The fourth-order valence-electron chi connectivity index (χ4n) is 0.897. The maximum atomic E-state index is 12.9. The third-order valence-corrected chi connectivity index (χ3v) is 2.12. The van der Waals surface area contributed by atoms with E-state index in [2.05, 4.69) is 15.9 Å². The number of halogens is 7. The Morgan fingerprint density at radius 1 is 1.00 bits per heavy atom. The minimum atomic E-state index is -5.80. The zero-order valence-electron chi connectivity index (χ0n) is 6.88. The van der Waals surface area contributed by atoms with E-state index in [1.165, 1.54) is 0 Å². The third kappa shape index (κ3) is 2.27. The molecular weight excluding hydrogens is 290 g/mol. The molecule has 1 aromatic rings. The highest BCUT2D eigenvalue weighted by Crippen LogP contribution is 2.44. The lowest BCUT2D eigenvalue weighted by Gasteiger charge is -2.20. The van der Waals surface area contributed by atoms with Crippen molar-refractivity contribution in [2.45, 2.75) is 12.1 Å². The molecule has 0 aliphatic rings. The molecule has 0 N–H and O–H groups in total. The van der Waals surface area contributed by atoms with Gasteiger partial charge in [-0.15, -0.1) is 0 Å². The van der Waals surface area contributed by atoms with Crippen LogP contribution >= 0.6 is 15.9 Å². The summed E-state index contributed by atoms with van der Waals surface area (Å²) in [7, 11) is 0. The first-order valence-electron chi connectivity index (χ1n) is 3.56. The van der Waals surface area contributed by atoms with Gasteiger partial charge in [-0.25, -0.2) is 4.39 Å². The van der Waals surface area contributed by atoms with Gasteiger partial charge in [-0.2, -0.15) is 22.0 Å². The molecule has 0 atom stereocenters. The van der Waals surface area contributed by atoms with Crippen molar-refractivity contribution in [2.75, 3.05) is 0 Å². The molecule has 15 heavy (non-hydrogen) atoms. The summed E-state index contributed by atoms with van der Waals surface area (Å²) in [6.07, 6.45) is -5.80. The van der Waals surface area contributed by atoms with E-state index in [9.17, 15) is 26.3 Å². The van der Waals surface area contributed by atoms with Gasteiger partial charge in [-0.3, -0.25) is 0 Å². The van der Waals surface area contributed by atoms with Gasteiger partial charge in [-0.1, -0.05) is 15.9 Å². The molecule has 0 aliphatic carbocycles. The SMILES string of the molecule is Fc1cc(Br)ccc1C(F)(F)C(F)(F)F. The van der Waals surface area contributed by atoms with Crippen molar-refractivity contribution in [3.05, 3.63) is 34.1 Å². The van der Waals surface area contributed by atoms with Crippen molar-refractivity contribution in [2.24, 2.45) is 0 Å². The van der Waals surface area contributed by atoms with Crippen molar-refractivity contribution in [1.82, 2.24) is 0 Å². The molecule has 0 saturated heterocycles. The first-order chi connectivity index (χ1) is 6.66. The molecule has 1 rings (SSSR count). The summed E-state index contributed by atoms with van der Waals surface area (Å²) in [5.41, 5.74) is -1.68. The molecule has 0 saturated carbocycles. The van der Waals surface area contributed by atoms with Crippen LogP contribution < -0.4 is 0 Å². The average molecular weight is 293 g/mol. The van der Waals surface area contributed by atoms with Gasteiger partial charge in [0.05, 0.1) is 5.56 Å². The van der Waals surface area contributed by atoms with E-state index in [4.69, 9.17) is 0 Å². The minimum Gasteiger partial charge on any atom is -0.206 e. The van der Waals surface area contributed by atoms with E-state index in [1.54, 1.807) is 0 Å². The second-order valence-electron chi connectivity index (χ2n) is 2.70. The largest absolute Gasteiger partial charge is 0.458 e. The van der Waals surface area contributed by atoms with E-state index in [1.807, 2.05) is 0 Å². The Morgan fingerprint density at radius 3 is 1.93 bits per heavy atom. The molecule has 0 aliphatic heterocycles. The van der Waals surface area contributed by atoms with Crippen molar-refractivity contribution < 1.29 is 26.3 Å². The summed E-state index contributed by atoms with van der Waals surface area (Å²) in [5, 5.41) is 0. The summed E-state index contributed by atoms with van der Waals surface area (Å²) >= 11 is 2.75. The maximum Gasteiger partial charge on any atom is 0.458 e. The van der Waals surface area contributed by atoms with Gasteiger partial charge in [0.1, 0.15) is 5.82 Å². The highest BCUT2D eigenvalue weighted by molar-refractivity contribution is 9.10. The average Bonchev–Trinajstić information content (AvgIpc) is 2.00. The Kier molecular flexibility index (Phi) is 3.04. The number of alkyl halides is 5. The lowest BCUT2D eigenvalue weighted by molar-refractivity contribution is -0.290. The topological polar surface area (TPSA) is 0 Å². The second kappa shape index (κ2) is 3.70. The van der Waals surface area contributed by atoms with Crippen LogP contribution in [0.1, 0.15) is 5.56 Å². The molecule has 7 heteroatoms. The van der Waals surface area contributed by atoms with E-state index in [-0.39, 0.29) is 4.47 Å². The normalized spacial score (nSPS) is 13.0.